The van der Waals surface area contributed by atoms with Crippen LogP contribution in [-0.4, -0.2) is 65.2 Å². The largest absolute Gasteiger partial charge is 0.462 e. The van der Waals surface area contributed by atoms with Gasteiger partial charge in [-0.3, -0.25) is 14.4 Å². The van der Waals surface area contributed by atoms with Crippen LogP contribution >= 0.6 is 11.8 Å². The van der Waals surface area contributed by atoms with Gasteiger partial charge in [-0.2, -0.15) is 0 Å². The molecule has 0 aliphatic carbocycles. The van der Waals surface area contributed by atoms with E-state index in [4.69, 9.17) is 18.9 Å². The Labute approximate surface area is 138 Å². The summed E-state index contributed by atoms with van der Waals surface area (Å²) in [6, 6.07) is 0. The van der Waals surface area contributed by atoms with E-state index >= 15 is 0 Å². The summed E-state index contributed by atoms with van der Waals surface area (Å²) < 4.78 is 20.7. The summed E-state index contributed by atoms with van der Waals surface area (Å²) in [6.07, 6.45) is -3.93. The number of hydrogen-bond donors (Lipinski definition) is 1. The third-order valence-corrected chi connectivity index (χ3v) is 4.24. The number of carbonyl (C=O) groups is 3. The average Bonchev–Trinajstić information content (AvgIpc) is 2.71. The number of esters is 3. The molecule has 1 rings (SSSR count). The van der Waals surface area contributed by atoms with Gasteiger partial charge in [0.1, 0.15) is 18.8 Å². The molecule has 0 bridgehead atoms. The fraction of sp³-hybridized carbons (Fsp3) is 0.786. The van der Waals surface area contributed by atoms with Gasteiger partial charge in [0.2, 0.25) is 0 Å². The Bertz CT molecular complexity index is 440. The summed E-state index contributed by atoms with van der Waals surface area (Å²) in [5.41, 5.74) is 0. The lowest BCUT2D eigenvalue weighted by atomic mass is 10.1. The van der Waals surface area contributed by atoms with Crippen LogP contribution in [0.25, 0.3) is 0 Å². The van der Waals surface area contributed by atoms with Gasteiger partial charge in [0.15, 0.2) is 12.4 Å². The summed E-state index contributed by atoms with van der Waals surface area (Å²) in [5.74, 6) is -1.04. The molecule has 0 unspecified atom stereocenters. The van der Waals surface area contributed by atoms with Crippen molar-refractivity contribution in [2.75, 3.05) is 12.4 Å². The van der Waals surface area contributed by atoms with Crippen molar-refractivity contribution in [2.24, 2.45) is 0 Å². The SMILES string of the molecule is CCS[C@H]1[C@H](OC(C)=O)[C@H]([C@@H](COC(C)=O)OC(C)=O)O[C@@H]1O. The summed E-state index contributed by atoms with van der Waals surface area (Å²) >= 11 is 1.36. The first-order valence-electron chi connectivity index (χ1n) is 7.19. The molecule has 1 saturated heterocycles. The molecule has 9 heteroatoms. The molecule has 1 N–H and O–H groups in total. The van der Waals surface area contributed by atoms with E-state index < -0.39 is 47.8 Å². The molecule has 0 aromatic heterocycles. The van der Waals surface area contributed by atoms with E-state index in [1.807, 2.05) is 6.92 Å². The molecule has 0 aromatic carbocycles. The van der Waals surface area contributed by atoms with E-state index in [1.165, 1.54) is 32.5 Å². The van der Waals surface area contributed by atoms with Gasteiger partial charge in [-0.25, -0.2) is 0 Å². The van der Waals surface area contributed by atoms with Gasteiger partial charge in [0.05, 0.1) is 5.25 Å². The summed E-state index contributed by atoms with van der Waals surface area (Å²) in [5, 5.41) is 9.53. The van der Waals surface area contributed by atoms with Crippen molar-refractivity contribution in [3.8, 4) is 0 Å². The molecular formula is C14H22O8S. The lowest BCUT2D eigenvalue weighted by Gasteiger charge is -2.27. The zero-order valence-corrected chi connectivity index (χ0v) is 14.3. The summed E-state index contributed by atoms with van der Waals surface area (Å²) in [7, 11) is 0. The molecule has 0 radical (unpaired) electrons. The van der Waals surface area contributed by atoms with Gasteiger partial charge in [-0.15, -0.1) is 11.8 Å². The van der Waals surface area contributed by atoms with Gasteiger partial charge in [0.25, 0.3) is 0 Å². The van der Waals surface area contributed by atoms with E-state index in [2.05, 4.69) is 0 Å². The van der Waals surface area contributed by atoms with E-state index in [9.17, 15) is 19.5 Å². The number of aliphatic hydroxyl groups excluding tert-OH is 1. The van der Waals surface area contributed by atoms with Crippen LogP contribution in [0.1, 0.15) is 27.7 Å². The number of thioether (sulfide) groups is 1. The fourth-order valence-corrected chi connectivity index (χ4v) is 3.28. The van der Waals surface area contributed by atoms with Crippen molar-refractivity contribution in [3.05, 3.63) is 0 Å². The highest BCUT2D eigenvalue weighted by molar-refractivity contribution is 8.00. The standard InChI is InChI=1S/C14H22O8S/c1-5-23-13-12(21-9(4)17)11(22-14(13)18)10(20-8(3)16)6-19-7(2)15/h10-14,18H,5-6H2,1-4H3/t10-,11+,12-,13+,14+/m1/s1. The predicted molar refractivity (Wildman–Crippen MR) is 80.5 cm³/mol. The van der Waals surface area contributed by atoms with E-state index in [0.717, 1.165) is 0 Å². The highest BCUT2D eigenvalue weighted by Crippen LogP contribution is 2.34. The monoisotopic (exact) mass is 350 g/mol. The summed E-state index contributed by atoms with van der Waals surface area (Å²) in [4.78, 5) is 33.6. The van der Waals surface area contributed by atoms with Gasteiger partial charge in [-0.1, -0.05) is 6.92 Å². The third kappa shape index (κ3) is 6.00. The quantitative estimate of drug-likeness (QED) is 0.510. The molecule has 23 heavy (non-hydrogen) atoms. The first-order valence-corrected chi connectivity index (χ1v) is 8.24. The number of ether oxygens (including phenoxy) is 4. The number of carbonyl (C=O) groups excluding carboxylic acids is 3. The fourth-order valence-electron chi connectivity index (χ4n) is 2.27. The van der Waals surface area contributed by atoms with Crippen LogP contribution < -0.4 is 0 Å². The Balaban J connectivity index is 2.96. The maximum absolute atomic E-state index is 11.4. The second-order valence-corrected chi connectivity index (χ2v) is 6.39. The van der Waals surface area contributed by atoms with Crippen molar-refractivity contribution < 1.29 is 38.4 Å². The number of hydrogen-bond acceptors (Lipinski definition) is 9. The molecule has 0 amide bonds. The predicted octanol–water partition coefficient (Wildman–Crippen LogP) is 0.252. The lowest BCUT2D eigenvalue weighted by molar-refractivity contribution is -0.182. The minimum absolute atomic E-state index is 0.256. The first-order chi connectivity index (χ1) is 10.8. The Morgan fingerprint density at radius 3 is 2.30 bits per heavy atom. The van der Waals surface area contributed by atoms with Crippen LogP contribution in [-0.2, 0) is 33.3 Å². The van der Waals surface area contributed by atoms with Gasteiger partial charge < -0.3 is 24.1 Å². The molecule has 1 aliphatic heterocycles. The molecule has 1 aliphatic rings. The van der Waals surface area contributed by atoms with Crippen LogP contribution in [0.15, 0.2) is 0 Å². The number of rotatable bonds is 7. The Hall–Kier alpha value is -1.32. The smallest absolute Gasteiger partial charge is 0.303 e. The maximum Gasteiger partial charge on any atom is 0.303 e. The normalized spacial score (nSPS) is 28.0. The second-order valence-electron chi connectivity index (χ2n) is 4.94. The van der Waals surface area contributed by atoms with Crippen LogP contribution in [0.4, 0.5) is 0 Å². The van der Waals surface area contributed by atoms with E-state index in [-0.39, 0.29) is 6.61 Å². The highest BCUT2D eigenvalue weighted by atomic mass is 32.2. The zero-order chi connectivity index (χ0) is 17.6. The van der Waals surface area contributed by atoms with Gasteiger partial charge >= 0.3 is 17.9 Å². The van der Waals surface area contributed by atoms with Crippen molar-refractivity contribution in [1.29, 1.82) is 0 Å². The Morgan fingerprint density at radius 1 is 1.17 bits per heavy atom. The molecule has 0 spiro atoms. The zero-order valence-electron chi connectivity index (χ0n) is 13.5. The molecule has 8 nitrogen and oxygen atoms in total. The second kappa shape index (κ2) is 9.09. The molecule has 0 saturated carbocycles. The minimum Gasteiger partial charge on any atom is -0.462 e. The molecule has 1 heterocycles. The third-order valence-electron chi connectivity index (χ3n) is 3.02. The van der Waals surface area contributed by atoms with Crippen LogP contribution in [0.3, 0.4) is 0 Å². The van der Waals surface area contributed by atoms with Crippen molar-refractivity contribution >= 4 is 29.7 Å². The van der Waals surface area contributed by atoms with Crippen LogP contribution in [0.2, 0.25) is 0 Å². The molecule has 0 aromatic rings. The Kier molecular flexibility index (Phi) is 7.80. The van der Waals surface area contributed by atoms with Crippen LogP contribution in [0.5, 0.6) is 0 Å². The van der Waals surface area contributed by atoms with Crippen molar-refractivity contribution in [1.82, 2.24) is 0 Å². The molecular weight excluding hydrogens is 328 g/mol. The highest BCUT2D eigenvalue weighted by Gasteiger charge is 2.50. The maximum atomic E-state index is 11.4. The summed E-state index contributed by atoms with van der Waals surface area (Å²) in [6.45, 7) is 5.29. The molecule has 132 valence electrons. The van der Waals surface area contributed by atoms with Gasteiger partial charge in [-0.05, 0) is 5.75 Å². The molecule has 5 atom stereocenters. The van der Waals surface area contributed by atoms with Crippen LogP contribution in [0, 0.1) is 0 Å². The van der Waals surface area contributed by atoms with Crippen molar-refractivity contribution in [3.63, 3.8) is 0 Å². The van der Waals surface area contributed by atoms with Gasteiger partial charge in [0, 0.05) is 20.8 Å². The minimum atomic E-state index is -1.19. The topological polar surface area (TPSA) is 108 Å². The number of aliphatic hydroxyl groups is 1. The van der Waals surface area contributed by atoms with Crippen molar-refractivity contribution in [2.45, 2.75) is 57.5 Å². The van der Waals surface area contributed by atoms with E-state index in [0.29, 0.717) is 5.75 Å². The molecule has 1 fully saturated rings. The first kappa shape index (κ1) is 19.7. The van der Waals surface area contributed by atoms with E-state index in [1.54, 1.807) is 0 Å². The lowest BCUT2D eigenvalue weighted by Crippen LogP contribution is -2.45. The average molecular weight is 350 g/mol. The Morgan fingerprint density at radius 2 is 1.83 bits per heavy atom.